The molecule has 2 aromatic rings. The predicted molar refractivity (Wildman–Crippen MR) is 101 cm³/mol. The Hall–Kier alpha value is -2.04. The summed E-state index contributed by atoms with van der Waals surface area (Å²) in [6, 6.07) is 8.18. The smallest absolute Gasteiger partial charge is 0.329 e. The first-order chi connectivity index (χ1) is 12.1. The molecule has 25 heavy (non-hydrogen) atoms. The zero-order valence-electron chi connectivity index (χ0n) is 15.4. The van der Waals surface area contributed by atoms with Gasteiger partial charge in [-0.3, -0.25) is 13.9 Å². The second kappa shape index (κ2) is 7.89. The Balaban J connectivity index is 1.73. The van der Waals surface area contributed by atoms with Crippen molar-refractivity contribution in [2.24, 2.45) is 0 Å². The molecule has 0 radical (unpaired) electrons. The molecule has 3 rings (SSSR count). The summed E-state index contributed by atoms with van der Waals surface area (Å²) in [4.78, 5) is 27.2. The molecule has 1 amide bonds. The zero-order valence-corrected chi connectivity index (χ0v) is 15.4. The van der Waals surface area contributed by atoms with Crippen LogP contribution in [0.15, 0.2) is 29.1 Å². The SMILES string of the molecule is CCn1c(=O)n(CCC(=O)N(C)C2CCCCCC2)c2ccccc21. The lowest BCUT2D eigenvalue weighted by Crippen LogP contribution is -2.37. The van der Waals surface area contributed by atoms with Gasteiger partial charge in [0.1, 0.15) is 0 Å². The van der Waals surface area contributed by atoms with Crippen LogP contribution in [0, 0.1) is 0 Å². The summed E-state index contributed by atoms with van der Waals surface area (Å²) < 4.78 is 3.52. The second-order valence-corrected chi connectivity index (χ2v) is 7.07. The molecule has 5 heteroatoms. The number of fused-ring (bicyclic) bond motifs is 1. The number of para-hydroxylation sites is 2. The quantitative estimate of drug-likeness (QED) is 0.781. The van der Waals surface area contributed by atoms with Crippen molar-refractivity contribution < 1.29 is 4.79 Å². The molecule has 0 spiro atoms. The lowest BCUT2D eigenvalue weighted by Gasteiger charge is -2.27. The Labute approximate surface area is 149 Å². The van der Waals surface area contributed by atoms with Crippen LogP contribution < -0.4 is 5.69 Å². The highest BCUT2D eigenvalue weighted by atomic mass is 16.2. The molecule has 0 saturated heterocycles. The number of carbonyl (C=O) groups is 1. The maximum atomic E-state index is 12.7. The van der Waals surface area contributed by atoms with Crippen LogP contribution in [0.4, 0.5) is 0 Å². The van der Waals surface area contributed by atoms with Crippen LogP contribution in [0.1, 0.15) is 51.9 Å². The summed E-state index contributed by atoms with van der Waals surface area (Å²) in [6.07, 6.45) is 7.59. The highest BCUT2D eigenvalue weighted by Gasteiger charge is 2.21. The van der Waals surface area contributed by atoms with Gasteiger partial charge >= 0.3 is 5.69 Å². The van der Waals surface area contributed by atoms with Crippen LogP contribution in [0.5, 0.6) is 0 Å². The Morgan fingerprint density at radius 3 is 2.28 bits per heavy atom. The van der Waals surface area contributed by atoms with Gasteiger partial charge in [-0.1, -0.05) is 37.8 Å². The number of nitrogens with zero attached hydrogens (tertiary/aromatic N) is 3. The number of amides is 1. The van der Waals surface area contributed by atoms with Crippen LogP contribution >= 0.6 is 0 Å². The molecule has 1 aliphatic carbocycles. The Morgan fingerprint density at radius 2 is 1.68 bits per heavy atom. The number of hydrogen-bond donors (Lipinski definition) is 0. The summed E-state index contributed by atoms with van der Waals surface area (Å²) in [6.45, 7) is 3.06. The van der Waals surface area contributed by atoms with Gasteiger partial charge in [0.05, 0.1) is 11.0 Å². The lowest BCUT2D eigenvalue weighted by molar-refractivity contribution is -0.132. The van der Waals surface area contributed by atoms with E-state index in [1.165, 1.54) is 25.7 Å². The normalized spacial score (nSPS) is 16.1. The minimum atomic E-state index is -0.0198. The molecule has 1 aliphatic rings. The third-order valence-corrected chi connectivity index (χ3v) is 5.56. The molecule has 0 aliphatic heterocycles. The van der Waals surface area contributed by atoms with E-state index in [-0.39, 0.29) is 11.6 Å². The fourth-order valence-electron chi connectivity index (χ4n) is 4.03. The minimum Gasteiger partial charge on any atom is -0.343 e. The van der Waals surface area contributed by atoms with Crippen molar-refractivity contribution in [2.45, 2.75) is 71.0 Å². The highest BCUT2D eigenvalue weighted by Crippen LogP contribution is 2.21. The van der Waals surface area contributed by atoms with Crippen molar-refractivity contribution in [2.75, 3.05) is 7.05 Å². The van der Waals surface area contributed by atoms with E-state index in [9.17, 15) is 9.59 Å². The average Bonchev–Trinajstić information content (AvgIpc) is 2.80. The molecule has 1 fully saturated rings. The van der Waals surface area contributed by atoms with Gasteiger partial charge in [0, 0.05) is 32.6 Å². The van der Waals surface area contributed by atoms with Crippen LogP contribution in [0.3, 0.4) is 0 Å². The summed E-state index contributed by atoms with van der Waals surface area (Å²) in [5.41, 5.74) is 1.84. The fraction of sp³-hybridized carbons (Fsp3) is 0.600. The van der Waals surface area contributed by atoms with E-state index >= 15 is 0 Å². The van der Waals surface area contributed by atoms with Crippen LogP contribution in [-0.2, 0) is 17.9 Å². The predicted octanol–water partition coefficient (Wildman–Crippen LogP) is 3.39. The summed E-state index contributed by atoms with van der Waals surface area (Å²) in [5.74, 6) is 0.145. The molecule has 0 N–H and O–H groups in total. The number of imidazole rings is 1. The van der Waals surface area contributed by atoms with Crippen LogP contribution in [0.2, 0.25) is 0 Å². The largest absolute Gasteiger partial charge is 0.343 e. The fourth-order valence-corrected chi connectivity index (χ4v) is 4.03. The van der Waals surface area contributed by atoms with Crippen molar-refractivity contribution >= 4 is 16.9 Å². The van der Waals surface area contributed by atoms with Crippen molar-refractivity contribution in [1.82, 2.24) is 14.0 Å². The second-order valence-electron chi connectivity index (χ2n) is 7.07. The molecule has 0 bridgehead atoms. The van der Waals surface area contributed by atoms with E-state index in [1.54, 1.807) is 9.13 Å². The summed E-state index contributed by atoms with van der Waals surface area (Å²) >= 11 is 0. The van der Waals surface area contributed by atoms with Gasteiger partial charge in [-0.2, -0.15) is 0 Å². The third kappa shape index (κ3) is 3.65. The molecule has 1 aromatic heterocycles. The highest BCUT2D eigenvalue weighted by molar-refractivity contribution is 5.78. The molecule has 136 valence electrons. The average molecular weight is 343 g/mol. The summed E-state index contributed by atoms with van der Waals surface area (Å²) in [5, 5.41) is 0. The Bertz CT molecular complexity index is 782. The molecular formula is C20H29N3O2. The van der Waals surface area contributed by atoms with Crippen molar-refractivity contribution in [3.8, 4) is 0 Å². The van der Waals surface area contributed by atoms with Gasteiger partial charge in [-0.05, 0) is 31.9 Å². The molecule has 1 saturated carbocycles. The van der Waals surface area contributed by atoms with Crippen molar-refractivity contribution in [3.05, 3.63) is 34.7 Å². The number of rotatable bonds is 5. The maximum Gasteiger partial charge on any atom is 0.329 e. The summed E-state index contributed by atoms with van der Waals surface area (Å²) in [7, 11) is 1.93. The van der Waals surface area contributed by atoms with Crippen LogP contribution in [-0.4, -0.2) is 33.0 Å². The van der Waals surface area contributed by atoms with E-state index < -0.39 is 0 Å². The lowest BCUT2D eigenvalue weighted by atomic mass is 10.1. The molecular weight excluding hydrogens is 314 g/mol. The first-order valence-electron chi connectivity index (χ1n) is 9.57. The standard InChI is InChI=1S/C20H29N3O2/c1-3-22-17-12-8-9-13-18(17)23(20(22)25)15-14-19(24)21(2)16-10-6-4-5-7-11-16/h8-9,12-13,16H,3-7,10-11,14-15H2,1-2H3. The number of carbonyl (C=O) groups excluding carboxylic acids is 1. The van der Waals surface area contributed by atoms with Gasteiger partial charge in [0.15, 0.2) is 0 Å². The number of aromatic nitrogens is 2. The van der Waals surface area contributed by atoms with E-state index in [4.69, 9.17) is 0 Å². The zero-order chi connectivity index (χ0) is 17.8. The first-order valence-corrected chi connectivity index (χ1v) is 9.57. The minimum absolute atomic E-state index is 0.0198. The van der Waals surface area contributed by atoms with Crippen molar-refractivity contribution in [1.29, 1.82) is 0 Å². The number of benzene rings is 1. The number of aryl methyl sites for hydroxylation is 2. The van der Waals surface area contributed by atoms with Gasteiger partial charge < -0.3 is 4.90 Å². The topological polar surface area (TPSA) is 47.2 Å². The Morgan fingerprint density at radius 1 is 1.08 bits per heavy atom. The molecule has 1 aromatic carbocycles. The van der Waals surface area contributed by atoms with E-state index in [0.717, 1.165) is 23.9 Å². The van der Waals surface area contributed by atoms with E-state index in [1.807, 2.05) is 43.1 Å². The van der Waals surface area contributed by atoms with Gasteiger partial charge in [-0.25, -0.2) is 4.79 Å². The van der Waals surface area contributed by atoms with Gasteiger partial charge in [0.25, 0.3) is 0 Å². The maximum absolute atomic E-state index is 12.7. The van der Waals surface area contributed by atoms with Gasteiger partial charge in [-0.15, -0.1) is 0 Å². The first kappa shape index (κ1) is 17.8. The molecule has 5 nitrogen and oxygen atoms in total. The molecule has 0 unspecified atom stereocenters. The van der Waals surface area contributed by atoms with Crippen LogP contribution in [0.25, 0.3) is 11.0 Å². The van der Waals surface area contributed by atoms with Crippen molar-refractivity contribution in [3.63, 3.8) is 0 Å². The van der Waals surface area contributed by atoms with E-state index in [0.29, 0.717) is 25.6 Å². The van der Waals surface area contributed by atoms with E-state index in [2.05, 4.69) is 0 Å². The molecule has 0 atom stereocenters. The monoisotopic (exact) mass is 343 g/mol. The number of hydrogen-bond acceptors (Lipinski definition) is 2. The molecule has 1 heterocycles. The third-order valence-electron chi connectivity index (χ3n) is 5.56. The Kier molecular flexibility index (Phi) is 5.61. The van der Waals surface area contributed by atoms with Gasteiger partial charge in [0.2, 0.25) is 5.91 Å².